The van der Waals surface area contributed by atoms with Crippen LogP contribution >= 0.6 is 35.6 Å². The molecule has 1 amide bonds. The molecule has 8 heteroatoms. The van der Waals surface area contributed by atoms with E-state index in [4.69, 9.17) is 37.7 Å². The van der Waals surface area contributed by atoms with Gasteiger partial charge in [0, 0.05) is 10.6 Å². The number of carbonyl (C=O) groups excluding carboxylic acids is 1. The van der Waals surface area contributed by atoms with Crippen molar-refractivity contribution in [3.8, 4) is 11.5 Å². The normalized spacial score (nSPS) is 14.9. The molecule has 5 nitrogen and oxygen atoms in total. The Kier molecular flexibility index (Phi) is 7.19. The number of hydrogen-bond acceptors (Lipinski definition) is 6. The fourth-order valence-electron chi connectivity index (χ4n) is 3.12. The van der Waals surface area contributed by atoms with Crippen LogP contribution in [0.25, 0.3) is 6.08 Å². The number of furan rings is 1. The minimum atomic E-state index is -0.145. The predicted octanol–water partition coefficient (Wildman–Crippen LogP) is 6.31. The quantitative estimate of drug-likeness (QED) is 0.275. The third-order valence-corrected chi connectivity index (χ3v) is 6.42. The van der Waals surface area contributed by atoms with Gasteiger partial charge in [-0.3, -0.25) is 9.69 Å². The second-order valence-corrected chi connectivity index (χ2v) is 8.95. The predicted molar refractivity (Wildman–Crippen MR) is 131 cm³/mol. The van der Waals surface area contributed by atoms with Crippen molar-refractivity contribution in [1.29, 1.82) is 0 Å². The van der Waals surface area contributed by atoms with E-state index in [0.29, 0.717) is 51.3 Å². The smallest absolute Gasteiger partial charge is 0.266 e. The summed E-state index contributed by atoms with van der Waals surface area (Å²) in [6.07, 6.45) is 3.38. The van der Waals surface area contributed by atoms with Gasteiger partial charge in [0.1, 0.15) is 16.7 Å². The molecule has 1 aromatic heterocycles. The van der Waals surface area contributed by atoms with Gasteiger partial charge in [0.25, 0.3) is 5.91 Å². The number of carbonyl (C=O) groups is 1. The van der Waals surface area contributed by atoms with Crippen LogP contribution in [0.2, 0.25) is 5.02 Å². The van der Waals surface area contributed by atoms with Crippen LogP contribution in [0.3, 0.4) is 0 Å². The van der Waals surface area contributed by atoms with Crippen molar-refractivity contribution in [2.24, 2.45) is 0 Å². The van der Waals surface area contributed by atoms with Crippen LogP contribution in [0.1, 0.15) is 23.8 Å². The molecule has 1 fully saturated rings. The van der Waals surface area contributed by atoms with E-state index in [0.717, 1.165) is 11.1 Å². The zero-order chi connectivity index (χ0) is 22.5. The van der Waals surface area contributed by atoms with Gasteiger partial charge in [-0.2, -0.15) is 0 Å². The summed E-state index contributed by atoms with van der Waals surface area (Å²) in [6, 6.07) is 16.7. The first kappa shape index (κ1) is 22.5. The molecule has 1 aliphatic rings. The molecule has 0 unspecified atom stereocenters. The standard InChI is InChI=1S/C24H20ClNO4S2/c1-2-28-21-12-16(9-10-20(21)30-15-17-6-3-4-8-19(17)25)13-22-23(27)26(24(31)32-22)14-18-7-5-11-29-18/h3-13H,2,14-15H2,1H3/b22-13-. The highest BCUT2D eigenvalue weighted by Crippen LogP contribution is 2.36. The van der Waals surface area contributed by atoms with E-state index in [1.54, 1.807) is 12.3 Å². The average Bonchev–Trinajstić information content (AvgIpc) is 3.39. The molecule has 0 aliphatic carbocycles. The first-order chi connectivity index (χ1) is 15.5. The molecule has 0 radical (unpaired) electrons. The van der Waals surface area contributed by atoms with Gasteiger partial charge in [-0.15, -0.1) is 0 Å². The van der Waals surface area contributed by atoms with Gasteiger partial charge < -0.3 is 13.9 Å². The molecule has 1 saturated heterocycles. The fourth-order valence-corrected chi connectivity index (χ4v) is 4.56. The SMILES string of the molecule is CCOc1cc(/C=C2\SC(=S)N(Cc3ccco3)C2=O)ccc1OCc1ccccc1Cl. The Labute approximate surface area is 200 Å². The number of amides is 1. The van der Waals surface area contributed by atoms with Crippen molar-refractivity contribution in [3.05, 3.63) is 87.7 Å². The highest BCUT2D eigenvalue weighted by Gasteiger charge is 2.32. The van der Waals surface area contributed by atoms with Crippen molar-refractivity contribution in [3.63, 3.8) is 0 Å². The van der Waals surface area contributed by atoms with E-state index in [2.05, 4.69) is 0 Å². The van der Waals surface area contributed by atoms with Gasteiger partial charge in [0.05, 0.1) is 24.3 Å². The van der Waals surface area contributed by atoms with E-state index < -0.39 is 0 Å². The minimum Gasteiger partial charge on any atom is -0.490 e. The molecule has 0 N–H and O–H groups in total. The lowest BCUT2D eigenvalue weighted by atomic mass is 10.1. The number of thioether (sulfide) groups is 1. The Hall–Kier alpha value is -2.74. The van der Waals surface area contributed by atoms with Crippen molar-refractivity contribution in [2.75, 3.05) is 6.61 Å². The molecule has 3 aromatic rings. The molecule has 1 aliphatic heterocycles. The molecule has 4 rings (SSSR count). The maximum Gasteiger partial charge on any atom is 0.266 e. The summed E-state index contributed by atoms with van der Waals surface area (Å²) in [4.78, 5) is 14.9. The molecule has 32 heavy (non-hydrogen) atoms. The summed E-state index contributed by atoms with van der Waals surface area (Å²) < 4.78 is 17.6. The summed E-state index contributed by atoms with van der Waals surface area (Å²) in [5.74, 6) is 1.74. The van der Waals surface area contributed by atoms with Gasteiger partial charge in [0.2, 0.25) is 0 Å². The minimum absolute atomic E-state index is 0.145. The van der Waals surface area contributed by atoms with E-state index in [-0.39, 0.29) is 5.91 Å². The topological polar surface area (TPSA) is 51.9 Å². The molecule has 2 aromatic carbocycles. The average molecular weight is 486 g/mol. The highest BCUT2D eigenvalue weighted by atomic mass is 35.5. The second-order valence-electron chi connectivity index (χ2n) is 6.87. The molecule has 0 spiro atoms. The Morgan fingerprint density at radius 2 is 1.97 bits per heavy atom. The number of ether oxygens (including phenoxy) is 2. The summed E-state index contributed by atoms with van der Waals surface area (Å²) in [5, 5.41) is 0.652. The number of halogens is 1. The molecule has 164 valence electrons. The van der Waals surface area contributed by atoms with E-state index in [1.165, 1.54) is 16.7 Å². The zero-order valence-corrected chi connectivity index (χ0v) is 19.6. The lowest BCUT2D eigenvalue weighted by molar-refractivity contribution is -0.122. The van der Waals surface area contributed by atoms with E-state index in [1.807, 2.05) is 61.5 Å². The van der Waals surface area contributed by atoms with Gasteiger partial charge in [-0.1, -0.05) is 59.8 Å². The number of thiocarbonyl (C=S) groups is 1. The first-order valence-electron chi connectivity index (χ1n) is 9.96. The maximum atomic E-state index is 12.9. The van der Waals surface area contributed by atoms with Crippen molar-refractivity contribution in [2.45, 2.75) is 20.1 Å². The molecule has 0 bridgehead atoms. The molecular weight excluding hydrogens is 466 g/mol. The fraction of sp³-hybridized carbons (Fsp3) is 0.167. The monoisotopic (exact) mass is 485 g/mol. The van der Waals surface area contributed by atoms with Gasteiger partial charge in [-0.25, -0.2) is 0 Å². The molecule has 0 atom stereocenters. The van der Waals surface area contributed by atoms with Crippen LogP contribution < -0.4 is 9.47 Å². The zero-order valence-electron chi connectivity index (χ0n) is 17.2. The molecule has 2 heterocycles. The van der Waals surface area contributed by atoms with E-state index in [9.17, 15) is 4.79 Å². The summed E-state index contributed by atoms with van der Waals surface area (Å²) >= 11 is 12.9. The lowest BCUT2D eigenvalue weighted by Crippen LogP contribution is -2.27. The summed E-state index contributed by atoms with van der Waals surface area (Å²) in [5.41, 5.74) is 1.71. The Bertz CT molecular complexity index is 1160. The van der Waals surface area contributed by atoms with Crippen LogP contribution in [0.5, 0.6) is 11.5 Å². The van der Waals surface area contributed by atoms with Gasteiger partial charge in [-0.05, 0) is 48.9 Å². The van der Waals surface area contributed by atoms with Crippen LogP contribution in [0, 0.1) is 0 Å². The maximum absolute atomic E-state index is 12.9. The van der Waals surface area contributed by atoms with Crippen molar-refractivity contribution < 1.29 is 18.7 Å². The first-order valence-corrected chi connectivity index (χ1v) is 11.6. The third kappa shape index (κ3) is 5.18. The number of hydrogen-bond donors (Lipinski definition) is 0. The van der Waals surface area contributed by atoms with E-state index >= 15 is 0 Å². The van der Waals surface area contributed by atoms with Crippen molar-refractivity contribution >= 4 is 51.9 Å². The largest absolute Gasteiger partial charge is 0.490 e. The highest BCUT2D eigenvalue weighted by molar-refractivity contribution is 8.26. The summed E-state index contributed by atoms with van der Waals surface area (Å²) in [6.45, 7) is 3.03. The number of nitrogens with zero attached hydrogens (tertiary/aromatic N) is 1. The van der Waals surface area contributed by atoms with Crippen LogP contribution in [0.4, 0.5) is 0 Å². The lowest BCUT2D eigenvalue weighted by Gasteiger charge is -2.13. The summed E-state index contributed by atoms with van der Waals surface area (Å²) in [7, 11) is 0. The Morgan fingerprint density at radius 1 is 1.12 bits per heavy atom. The Morgan fingerprint density at radius 3 is 2.72 bits per heavy atom. The van der Waals surface area contributed by atoms with Crippen LogP contribution in [-0.2, 0) is 17.9 Å². The third-order valence-electron chi connectivity index (χ3n) is 4.67. The van der Waals surface area contributed by atoms with Gasteiger partial charge >= 0.3 is 0 Å². The molecular formula is C24H20ClNO4S2. The van der Waals surface area contributed by atoms with Crippen LogP contribution in [0.15, 0.2) is 70.2 Å². The Balaban J connectivity index is 1.51. The molecule has 0 saturated carbocycles. The van der Waals surface area contributed by atoms with Gasteiger partial charge in [0.15, 0.2) is 11.5 Å². The number of rotatable bonds is 8. The number of benzene rings is 2. The second kappa shape index (κ2) is 10.3. The van der Waals surface area contributed by atoms with Crippen LogP contribution in [-0.4, -0.2) is 21.7 Å². The van der Waals surface area contributed by atoms with Crippen molar-refractivity contribution in [1.82, 2.24) is 4.90 Å².